The number of ether oxygens (including phenoxy) is 1. The predicted molar refractivity (Wildman–Crippen MR) is 94.7 cm³/mol. The first-order valence-corrected chi connectivity index (χ1v) is 8.15. The van der Waals surface area contributed by atoms with Crippen LogP contribution in [0.25, 0.3) is 0 Å². The van der Waals surface area contributed by atoms with E-state index in [0.29, 0.717) is 16.3 Å². The summed E-state index contributed by atoms with van der Waals surface area (Å²) in [6.45, 7) is 4.00. The molecule has 0 saturated carbocycles. The van der Waals surface area contributed by atoms with E-state index < -0.39 is 0 Å². The number of carbonyl (C=O) groups is 1. The number of thiophene rings is 1. The van der Waals surface area contributed by atoms with Crippen molar-refractivity contribution < 1.29 is 9.53 Å². The Balaban J connectivity index is 1.82. The van der Waals surface area contributed by atoms with Crippen molar-refractivity contribution >= 4 is 22.9 Å². The quantitative estimate of drug-likeness (QED) is 0.697. The Morgan fingerprint density at radius 3 is 2.57 bits per heavy atom. The van der Waals surface area contributed by atoms with Gasteiger partial charge in [-0.25, -0.2) is 0 Å². The Morgan fingerprint density at radius 2 is 1.83 bits per heavy atom. The zero-order valence-corrected chi connectivity index (χ0v) is 13.8. The van der Waals surface area contributed by atoms with Crippen molar-refractivity contribution in [2.24, 2.45) is 0 Å². The molecule has 1 N–H and O–H groups in total. The molecule has 0 fully saturated rings. The summed E-state index contributed by atoms with van der Waals surface area (Å²) in [5.41, 5.74) is 1.78. The average Bonchev–Trinajstić information content (AvgIpc) is 2.96. The van der Waals surface area contributed by atoms with E-state index in [2.05, 4.69) is 5.32 Å². The third kappa shape index (κ3) is 3.79. The van der Waals surface area contributed by atoms with Crippen LogP contribution in [-0.2, 0) is 0 Å². The summed E-state index contributed by atoms with van der Waals surface area (Å²) in [4.78, 5) is 14.1. The summed E-state index contributed by atoms with van der Waals surface area (Å²) in [6, 6.07) is 19.0. The van der Waals surface area contributed by atoms with Crippen LogP contribution in [0.3, 0.4) is 0 Å². The second kappa shape index (κ2) is 6.67. The van der Waals surface area contributed by atoms with Gasteiger partial charge in [0.15, 0.2) is 5.75 Å². The van der Waals surface area contributed by atoms with Gasteiger partial charge >= 0.3 is 0 Å². The van der Waals surface area contributed by atoms with Crippen LogP contribution in [-0.4, -0.2) is 5.91 Å². The lowest BCUT2D eigenvalue weighted by atomic mass is 10.2. The first-order chi connectivity index (χ1) is 11.1. The molecule has 4 heteroatoms. The zero-order valence-electron chi connectivity index (χ0n) is 13.0. The number of aryl methyl sites for hydroxylation is 2. The maximum atomic E-state index is 12.3. The molecule has 0 unspecified atom stereocenters. The van der Waals surface area contributed by atoms with Gasteiger partial charge in [-0.2, -0.15) is 0 Å². The molecule has 0 atom stereocenters. The van der Waals surface area contributed by atoms with Crippen LogP contribution in [0.1, 0.15) is 20.1 Å². The number of amides is 1. The molecule has 2 aromatic carbocycles. The first-order valence-electron chi connectivity index (χ1n) is 7.33. The van der Waals surface area contributed by atoms with Crippen LogP contribution < -0.4 is 10.1 Å². The highest BCUT2D eigenvalue weighted by molar-refractivity contribution is 7.14. The first kappa shape index (κ1) is 15.3. The van der Waals surface area contributed by atoms with Crippen LogP contribution in [0.4, 0.5) is 5.69 Å². The van der Waals surface area contributed by atoms with Crippen molar-refractivity contribution in [2.75, 3.05) is 5.32 Å². The van der Waals surface area contributed by atoms with Crippen molar-refractivity contribution in [3.63, 3.8) is 0 Å². The topological polar surface area (TPSA) is 38.3 Å². The molecule has 23 heavy (non-hydrogen) atoms. The zero-order chi connectivity index (χ0) is 16.2. The highest BCUT2D eigenvalue weighted by atomic mass is 32.1. The molecule has 0 aliphatic rings. The molecule has 3 aromatic rings. The van der Waals surface area contributed by atoms with Crippen LogP contribution >= 0.6 is 11.3 Å². The molecule has 0 bridgehead atoms. The van der Waals surface area contributed by atoms with E-state index in [1.54, 1.807) is 0 Å². The second-order valence-electron chi connectivity index (χ2n) is 5.28. The monoisotopic (exact) mass is 323 g/mol. The van der Waals surface area contributed by atoms with Crippen LogP contribution in [0, 0.1) is 13.8 Å². The molecule has 0 radical (unpaired) electrons. The van der Waals surface area contributed by atoms with Gasteiger partial charge in [0.1, 0.15) is 5.75 Å². The molecule has 0 spiro atoms. The average molecular weight is 323 g/mol. The molecule has 1 amide bonds. The number of benzene rings is 2. The number of rotatable bonds is 4. The molecule has 3 nitrogen and oxygen atoms in total. The lowest BCUT2D eigenvalue weighted by Gasteiger charge is -2.12. The van der Waals surface area contributed by atoms with Gasteiger partial charge in [0, 0.05) is 4.88 Å². The number of hydrogen-bond donors (Lipinski definition) is 1. The lowest BCUT2D eigenvalue weighted by Crippen LogP contribution is -2.10. The number of para-hydroxylation sites is 2. The fourth-order valence-corrected chi connectivity index (χ4v) is 2.97. The van der Waals surface area contributed by atoms with Crippen molar-refractivity contribution in [3.05, 3.63) is 76.0 Å². The third-order valence-electron chi connectivity index (χ3n) is 3.32. The smallest absolute Gasteiger partial charge is 0.265 e. The molecular formula is C19H17NO2S. The fraction of sp³-hybridized carbons (Fsp3) is 0.105. The van der Waals surface area contributed by atoms with E-state index in [1.807, 2.05) is 74.5 Å². The van der Waals surface area contributed by atoms with Gasteiger partial charge in [0.05, 0.1) is 10.6 Å². The van der Waals surface area contributed by atoms with Gasteiger partial charge in [-0.3, -0.25) is 4.79 Å². The minimum absolute atomic E-state index is 0.122. The number of hydrogen-bond acceptors (Lipinski definition) is 3. The molecule has 116 valence electrons. The van der Waals surface area contributed by atoms with Crippen LogP contribution in [0.5, 0.6) is 11.5 Å². The largest absolute Gasteiger partial charge is 0.455 e. The summed E-state index contributed by atoms with van der Waals surface area (Å²) in [5, 5.41) is 2.92. The van der Waals surface area contributed by atoms with Crippen molar-refractivity contribution in [1.82, 2.24) is 0 Å². The van der Waals surface area contributed by atoms with Gasteiger partial charge in [0.2, 0.25) is 0 Å². The Kier molecular flexibility index (Phi) is 4.44. The summed E-state index contributed by atoms with van der Waals surface area (Å²) in [7, 11) is 0. The number of nitrogens with one attached hydrogen (secondary N) is 1. The fourth-order valence-electron chi connectivity index (χ4n) is 2.21. The minimum atomic E-state index is -0.122. The van der Waals surface area contributed by atoms with Crippen molar-refractivity contribution in [1.29, 1.82) is 0 Å². The minimum Gasteiger partial charge on any atom is -0.455 e. The standard InChI is InChI=1S/C19H17NO2S/c1-13-6-5-7-15(12-13)22-17-9-4-3-8-16(17)20-19(21)18-11-10-14(2)23-18/h3-12H,1-2H3,(H,20,21). The van der Waals surface area contributed by atoms with Crippen LogP contribution in [0.2, 0.25) is 0 Å². The molecular weight excluding hydrogens is 306 g/mol. The molecule has 0 saturated heterocycles. The highest BCUT2D eigenvalue weighted by Gasteiger charge is 2.12. The molecule has 3 rings (SSSR count). The van der Waals surface area contributed by atoms with Crippen LogP contribution in [0.15, 0.2) is 60.7 Å². The van der Waals surface area contributed by atoms with E-state index in [0.717, 1.165) is 16.2 Å². The normalized spacial score (nSPS) is 10.3. The lowest BCUT2D eigenvalue weighted by molar-refractivity contribution is 0.103. The van der Waals surface area contributed by atoms with Gasteiger partial charge in [0.25, 0.3) is 5.91 Å². The SMILES string of the molecule is Cc1cccc(Oc2ccccc2NC(=O)c2ccc(C)s2)c1. The summed E-state index contributed by atoms with van der Waals surface area (Å²) in [5.74, 6) is 1.25. The highest BCUT2D eigenvalue weighted by Crippen LogP contribution is 2.30. The summed E-state index contributed by atoms with van der Waals surface area (Å²) < 4.78 is 5.92. The molecule has 0 aliphatic heterocycles. The van der Waals surface area contributed by atoms with Gasteiger partial charge in [-0.15, -0.1) is 11.3 Å². The van der Waals surface area contributed by atoms with Gasteiger partial charge in [-0.05, 0) is 55.8 Å². The van der Waals surface area contributed by atoms with E-state index in [-0.39, 0.29) is 5.91 Å². The van der Waals surface area contributed by atoms with Gasteiger partial charge in [-0.1, -0.05) is 24.3 Å². The summed E-state index contributed by atoms with van der Waals surface area (Å²) >= 11 is 1.47. The van der Waals surface area contributed by atoms with E-state index in [9.17, 15) is 4.79 Å². The van der Waals surface area contributed by atoms with Gasteiger partial charge < -0.3 is 10.1 Å². The molecule has 1 heterocycles. The summed E-state index contributed by atoms with van der Waals surface area (Å²) in [6.07, 6.45) is 0. The van der Waals surface area contributed by atoms with Crippen molar-refractivity contribution in [2.45, 2.75) is 13.8 Å². The third-order valence-corrected chi connectivity index (χ3v) is 4.32. The van der Waals surface area contributed by atoms with E-state index >= 15 is 0 Å². The Hall–Kier alpha value is -2.59. The maximum Gasteiger partial charge on any atom is 0.265 e. The van der Waals surface area contributed by atoms with E-state index in [1.165, 1.54) is 11.3 Å². The molecule has 0 aliphatic carbocycles. The Morgan fingerprint density at radius 1 is 1.00 bits per heavy atom. The Bertz CT molecular complexity index is 839. The predicted octanol–water partition coefficient (Wildman–Crippen LogP) is 5.41. The Labute approximate surface area is 139 Å². The van der Waals surface area contributed by atoms with Crippen molar-refractivity contribution in [3.8, 4) is 11.5 Å². The number of carbonyl (C=O) groups excluding carboxylic acids is 1. The van der Waals surface area contributed by atoms with E-state index in [4.69, 9.17) is 4.74 Å². The second-order valence-corrected chi connectivity index (χ2v) is 6.57. The maximum absolute atomic E-state index is 12.3. The number of anilines is 1. The molecule has 1 aromatic heterocycles.